The van der Waals surface area contributed by atoms with E-state index < -0.39 is 5.54 Å². The maximum Gasteiger partial charge on any atom is 0.311 e. The number of carbonyl (C=O) groups excluding carboxylic acids is 2. The third-order valence-corrected chi connectivity index (χ3v) is 5.41. The highest BCUT2D eigenvalue weighted by Crippen LogP contribution is 2.34. The van der Waals surface area contributed by atoms with Gasteiger partial charge in [-0.15, -0.1) is 0 Å². The first-order valence-electron chi connectivity index (χ1n) is 9.97. The minimum absolute atomic E-state index is 0.108. The molecule has 7 nitrogen and oxygen atoms in total. The Hall–Kier alpha value is -2.41. The van der Waals surface area contributed by atoms with E-state index in [0.29, 0.717) is 22.5 Å². The van der Waals surface area contributed by atoms with Crippen LogP contribution in [0.2, 0.25) is 5.02 Å². The lowest BCUT2D eigenvalue weighted by atomic mass is 9.89. The topological polar surface area (TPSA) is 94.3 Å². The summed E-state index contributed by atoms with van der Waals surface area (Å²) >= 11 is 5.92. The standard InChI is InChI=1S/C21H26ClN3O4/c1-14-13-16(22)7-8-17(14)28-19(27)10-9-18-23-20(25-29-18)21(24-15(2)26)11-5-3-4-6-12-21/h7-8,13H,3-6,9-12H2,1-2H3,(H,24,26). The van der Waals surface area contributed by atoms with E-state index in [9.17, 15) is 9.59 Å². The molecule has 2 aromatic rings. The first-order chi connectivity index (χ1) is 13.9. The number of ether oxygens (including phenoxy) is 1. The van der Waals surface area contributed by atoms with Gasteiger partial charge >= 0.3 is 5.97 Å². The molecule has 0 atom stereocenters. The molecule has 1 heterocycles. The number of aryl methyl sites for hydroxylation is 2. The molecule has 0 unspecified atom stereocenters. The SMILES string of the molecule is CC(=O)NC1(c2noc(CCC(=O)Oc3ccc(Cl)cc3C)n2)CCCCCC1. The number of benzene rings is 1. The quantitative estimate of drug-likeness (QED) is 0.427. The van der Waals surface area contributed by atoms with Gasteiger partial charge in [0.25, 0.3) is 0 Å². The van der Waals surface area contributed by atoms with Crippen molar-refractivity contribution < 1.29 is 18.8 Å². The molecule has 1 N–H and O–H groups in total. The van der Waals surface area contributed by atoms with Crippen LogP contribution in [0.1, 0.15) is 69.1 Å². The second-order valence-corrected chi connectivity index (χ2v) is 8.01. The summed E-state index contributed by atoms with van der Waals surface area (Å²) in [5.41, 5.74) is 0.196. The average molecular weight is 420 g/mol. The van der Waals surface area contributed by atoms with Gasteiger partial charge in [0.15, 0.2) is 5.82 Å². The van der Waals surface area contributed by atoms with Crippen molar-refractivity contribution >= 4 is 23.5 Å². The van der Waals surface area contributed by atoms with Crippen LogP contribution in [0.25, 0.3) is 0 Å². The van der Waals surface area contributed by atoms with Crippen LogP contribution in [0.15, 0.2) is 22.7 Å². The molecule has 156 valence electrons. The Balaban J connectivity index is 1.64. The third-order valence-electron chi connectivity index (χ3n) is 5.17. The molecule has 0 saturated heterocycles. The van der Waals surface area contributed by atoms with Crippen molar-refractivity contribution in [2.75, 3.05) is 0 Å². The van der Waals surface area contributed by atoms with Crippen molar-refractivity contribution in [1.82, 2.24) is 15.5 Å². The largest absolute Gasteiger partial charge is 0.426 e. The average Bonchev–Trinajstić information content (AvgIpc) is 3.02. The molecule has 0 radical (unpaired) electrons. The number of amides is 1. The molecule has 1 saturated carbocycles. The molecular formula is C21H26ClN3O4. The lowest BCUT2D eigenvalue weighted by molar-refractivity contribution is -0.134. The summed E-state index contributed by atoms with van der Waals surface area (Å²) < 4.78 is 10.8. The Morgan fingerprint density at radius 1 is 1.24 bits per heavy atom. The molecule has 1 aliphatic carbocycles. The van der Waals surface area contributed by atoms with Crippen molar-refractivity contribution in [1.29, 1.82) is 0 Å². The minimum atomic E-state index is -0.592. The molecule has 29 heavy (non-hydrogen) atoms. The molecule has 1 aliphatic rings. The van der Waals surface area contributed by atoms with Crippen LogP contribution < -0.4 is 10.1 Å². The third kappa shape index (κ3) is 5.56. The number of aromatic nitrogens is 2. The van der Waals surface area contributed by atoms with Gasteiger partial charge in [-0.2, -0.15) is 4.98 Å². The molecule has 1 amide bonds. The van der Waals surface area contributed by atoms with Crippen LogP contribution in [0.5, 0.6) is 5.75 Å². The van der Waals surface area contributed by atoms with E-state index in [4.69, 9.17) is 20.9 Å². The summed E-state index contributed by atoms with van der Waals surface area (Å²) in [6, 6.07) is 5.09. The highest BCUT2D eigenvalue weighted by atomic mass is 35.5. The highest BCUT2D eigenvalue weighted by molar-refractivity contribution is 6.30. The number of nitrogens with one attached hydrogen (secondary N) is 1. The Morgan fingerprint density at radius 3 is 2.62 bits per heavy atom. The van der Waals surface area contributed by atoms with E-state index in [1.807, 2.05) is 6.92 Å². The van der Waals surface area contributed by atoms with Crippen molar-refractivity contribution in [2.24, 2.45) is 0 Å². The Kier molecular flexibility index (Phi) is 6.90. The van der Waals surface area contributed by atoms with Gasteiger partial charge in [-0.05, 0) is 43.5 Å². The van der Waals surface area contributed by atoms with Gasteiger partial charge in [0, 0.05) is 18.4 Å². The fraction of sp³-hybridized carbons (Fsp3) is 0.524. The highest BCUT2D eigenvalue weighted by Gasteiger charge is 2.38. The van der Waals surface area contributed by atoms with Crippen molar-refractivity contribution in [2.45, 2.75) is 70.8 Å². The molecule has 8 heteroatoms. The Morgan fingerprint density at radius 2 is 1.97 bits per heavy atom. The number of hydrogen-bond acceptors (Lipinski definition) is 6. The van der Waals surface area contributed by atoms with Gasteiger partial charge in [0.2, 0.25) is 11.8 Å². The Labute approximate surface area is 175 Å². The molecule has 0 bridgehead atoms. The van der Waals surface area contributed by atoms with Crippen molar-refractivity contribution in [3.05, 3.63) is 40.5 Å². The van der Waals surface area contributed by atoms with E-state index in [1.54, 1.807) is 18.2 Å². The van der Waals surface area contributed by atoms with E-state index in [-0.39, 0.29) is 24.7 Å². The summed E-state index contributed by atoms with van der Waals surface area (Å²) in [5, 5.41) is 7.76. The van der Waals surface area contributed by atoms with Gasteiger partial charge in [-0.25, -0.2) is 0 Å². The van der Waals surface area contributed by atoms with Gasteiger partial charge in [0.05, 0.1) is 6.42 Å². The molecule has 1 fully saturated rings. The summed E-state index contributed by atoms with van der Waals surface area (Å²) in [6.45, 7) is 3.33. The van der Waals surface area contributed by atoms with Gasteiger partial charge < -0.3 is 14.6 Å². The summed E-state index contributed by atoms with van der Waals surface area (Å²) in [6.07, 6.45) is 6.19. The molecule has 3 rings (SSSR count). The lowest BCUT2D eigenvalue weighted by Crippen LogP contribution is -2.45. The maximum atomic E-state index is 12.2. The molecule has 1 aromatic heterocycles. The van der Waals surface area contributed by atoms with Crippen molar-refractivity contribution in [3.8, 4) is 5.75 Å². The molecule has 1 aromatic carbocycles. The smallest absolute Gasteiger partial charge is 0.311 e. The summed E-state index contributed by atoms with van der Waals surface area (Å²) in [4.78, 5) is 28.5. The first kappa shape index (κ1) is 21.3. The summed E-state index contributed by atoms with van der Waals surface area (Å²) in [7, 11) is 0. The summed E-state index contributed by atoms with van der Waals surface area (Å²) in [5.74, 6) is 0.834. The maximum absolute atomic E-state index is 12.2. The fourth-order valence-electron chi connectivity index (χ4n) is 3.73. The zero-order chi connectivity index (χ0) is 20.9. The second-order valence-electron chi connectivity index (χ2n) is 7.57. The second kappa shape index (κ2) is 9.39. The lowest BCUT2D eigenvalue weighted by Gasteiger charge is -2.30. The van der Waals surface area contributed by atoms with Crippen LogP contribution in [0.4, 0.5) is 0 Å². The Bertz CT molecular complexity index is 873. The number of nitrogens with zero attached hydrogens (tertiary/aromatic N) is 2. The fourth-order valence-corrected chi connectivity index (χ4v) is 3.96. The van der Waals surface area contributed by atoms with Gasteiger partial charge in [-0.3, -0.25) is 9.59 Å². The van der Waals surface area contributed by atoms with E-state index >= 15 is 0 Å². The van der Waals surface area contributed by atoms with Crippen LogP contribution >= 0.6 is 11.6 Å². The molecular weight excluding hydrogens is 394 g/mol. The van der Waals surface area contributed by atoms with Crippen molar-refractivity contribution in [3.63, 3.8) is 0 Å². The van der Waals surface area contributed by atoms with E-state index in [1.165, 1.54) is 6.92 Å². The number of carbonyl (C=O) groups is 2. The number of rotatable bonds is 6. The predicted octanol–water partition coefficient (Wildman–Crippen LogP) is 4.26. The number of esters is 1. The van der Waals surface area contributed by atoms with E-state index in [0.717, 1.165) is 44.1 Å². The first-order valence-corrected chi connectivity index (χ1v) is 10.3. The van der Waals surface area contributed by atoms with Crippen LogP contribution in [0.3, 0.4) is 0 Å². The zero-order valence-corrected chi connectivity index (χ0v) is 17.6. The molecule has 0 aliphatic heterocycles. The number of hydrogen-bond donors (Lipinski definition) is 1. The normalized spacial score (nSPS) is 16.1. The zero-order valence-electron chi connectivity index (χ0n) is 16.8. The molecule has 0 spiro atoms. The monoisotopic (exact) mass is 419 g/mol. The van der Waals surface area contributed by atoms with Crippen LogP contribution in [0, 0.1) is 6.92 Å². The predicted molar refractivity (Wildman–Crippen MR) is 108 cm³/mol. The van der Waals surface area contributed by atoms with Gasteiger partial charge in [0.1, 0.15) is 11.3 Å². The van der Waals surface area contributed by atoms with Crippen LogP contribution in [-0.4, -0.2) is 22.0 Å². The van der Waals surface area contributed by atoms with Crippen LogP contribution in [-0.2, 0) is 21.5 Å². The van der Waals surface area contributed by atoms with E-state index in [2.05, 4.69) is 15.5 Å². The number of halogens is 1. The minimum Gasteiger partial charge on any atom is -0.426 e. The van der Waals surface area contributed by atoms with Gasteiger partial charge in [-0.1, -0.05) is 42.4 Å².